The molecule has 3 heteroatoms. The Hall–Kier alpha value is -0.120. The van der Waals surface area contributed by atoms with Gasteiger partial charge in [-0.15, -0.1) is 0 Å². The molecular formula is C12H23NO2. The topological polar surface area (TPSA) is 55.5 Å². The van der Waals surface area contributed by atoms with Gasteiger partial charge >= 0.3 is 0 Å². The molecule has 0 bridgehead atoms. The highest BCUT2D eigenvalue weighted by Crippen LogP contribution is 2.52. The molecule has 1 aliphatic heterocycles. The first kappa shape index (κ1) is 11.4. The Bertz CT molecular complexity index is 201. The molecule has 1 atom stereocenters. The molecule has 1 unspecified atom stereocenters. The first-order valence-corrected chi connectivity index (χ1v) is 6.23. The van der Waals surface area contributed by atoms with E-state index in [1.54, 1.807) is 0 Å². The Morgan fingerprint density at radius 2 is 1.73 bits per heavy atom. The molecular weight excluding hydrogens is 190 g/mol. The lowest BCUT2D eigenvalue weighted by atomic mass is 9.58. The third-order valence-corrected chi connectivity index (χ3v) is 4.49. The molecule has 1 spiro atoms. The number of nitrogens with two attached hydrogens (primary N) is 1. The van der Waals surface area contributed by atoms with Crippen LogP contribution in [-0.2, 0) is 4.74 Å². The summed E-state index contributed by atoms with van der Waals surface area (Å²) in [6, 6.07) is 0. The van der Waals surface area contributed by atoms with Crippen molar-refractivity contribution in [3.63, 3.8) is 0 Å². The molecule has 0 amide bonds. The van der Waals surface area contributed by atoms with Gasteiger partial charge in [0.25, 0.3) is 0 Å². The van der Waals surface area contributed by atoms with Crippen LogP contribution in [0.25, 0.3) is 0 Å². The second kappa shape index (κ2) is 4.40. The Morgan fingerprint density at radius 3 is 2.40 bits per heavy atom. The van der Waals surface area contributed by atoms with Crippen molar-refractivity contribution in [2.24, 2.45) is 11.1 Å². The Balaban J connectivity index is 2.16. The summed E-state index contributed by atoms with van der Waals surface area (Å²) in [5.74, 6) is 0. The second-order valence-corrected chi connectivity index (χ2v) is 5.17. The van der Waals surface area contributed by atoms with E-state index in [0.717, 1.165) is 51.7 Å². The van der Waals surface area contributed by atoms with Gasteiger partial charge in [0, 0.05) is 18.6 Å². The van der Waals surface area contributed by atoms with E-state index >= 15 is 0 Å². The molecule has 2 rings (SSSR count). The van der Waals surface area contributed by atoms with E-state index in [2.05, 4.69) is 0 Å². The first-order valence-electron chi connectivity index (χ1n) is 6.23. The lowest BCUT2D eigenvalue weighted by Crippen LogP contribution is -2.54. The number of aliphatic hydroxyl groups is 1. The fourth-order valence-corrected chi connectivity index (χ4v) is 3.49. The van der Waals surface area contributed by atoms with Gasteiger partial charge in [0.1, 0.15) is 0 Å². The van der Waals surface area contributed by atoms with E-state index in [4.69, 9.17) is 10.5 Å². The fraction of sp³-hybridized carbons (Fsp3) is 1.00. The summed E-state index contributed by atoms with van der Waals surface area (Å²) in [5.41, 5.74) is 5.25. The van der Waals surface area contributed by atoms with Crippen molar-refractivity contribution in [1.29, 1.82) is 0 Å². The van der Waals surface area contributed by atoms with Crippen LogP contribution in [0.4, 0.5) is 0 Å². The quantitative estimate of drug-likeness (QED) is 0.729. The molecule has 0 radical (unpaired) electrons. The lowest BCUT2D eigenvalue weighted by Gasteiger charge is -2.52. The molecule has 3 N–H and O–H groups in total. The highest BCUT2D eigenvalue weighted by Gasteiger charge is 2.51. The van der Waals surface area contributed by atoms with Crippen molar-refractivity contribution in [3.05, 3.63) is 0 Å². The molecule has 1 saturated heterocycles. The van der Waals surface area contributed by atoms with Gasteiger partial charge in [-0.1, -0.05) is 12.8 Å². The monoisotopic (exact) mass is 213 g/mol. The predicted octanol–water partition coefficient (Wildman–Crippen LogP) is 1.44. The van der Waals surface area contributed by atoms with Gasteiger partial charge in [-0.25, -0.2) is 0 Å². The van der Waals surface area contributed by atoms with Gasteiger partial charge in [-0.2, -0.15) is 0 Å². The normalized spacial score (nSPS) is 35.6. The lowest BCUT2D eigenvalue weighted by molar-refractivity contribution is -0.159. The highest BCUT2D eigenvalue weighted by molar-refractivity contribution is 5.02. The van der Waals surface area contributed by atoms with Gasteiger partial charge in [0.05, 0.1) is 5.60 Å². The van der Waals surface area contributed by atoms with Crippen molar-refractivity contribution in [2.45, 2.75) is 50.5 Å². The van der Waals surface area contributed by atoms with E-state index in [9.17, 15) is 5.11 Å². The van der Waals surface area contributed by atoms with Crippen LogP contribution in [0, 0.1) is 5.41 Å². The first-order chi connectivity index (χ1) is 7.22. The molecule has 2 fully saturated rings. The maximum absolute atomic E-state index is 10.8. The maximum Gasteiger partial charge on any atom is 0.0717 e. The highest BCUT2D eigenvalue weighted by atomic mass is 16.5. The SMILES string of the molecule is NCCC1(O)CCCCC12CCOCC2. The fourth-order valence-electron chi connectivity index (χ4n) is 3.49. The molecule has 3 nitrogen and oxygen atoms in total. The maximum atomic E-state index is 10.8. The minimum absolute atomic E-state index is 0.114. The Kier molecular flexibility index (Phi) is 3.33. The summed E-state index contributed by atoms with van der Waals surface area (Å²) < 4.78 is 5.43. The van der Waals surface area contributed by atoms with E-state index in [0.29, 0.717) is 6.54 Å². The van der Waals surface area contributed by atoms with Gasteiger partial charge in [-0.05, 0) is 38.6 Å². The van der Waals surface area contributed by atoms with Crippen LogP contribution in [-0.4, -0.2) is 30.5 Å². The molecule has 1 heterocycles. The molecule has 2 aliphatic rings. The Morgan fingerprint density at radius 1 is 1.07 bits per heavy atom. The van der Waals surface area contributed by atoms with Crippen LogP contribution in [0.1, 0.15) is 44.9 Å². The zero-order chi connectivity index (χ0) is 10.8. The van der Waals surface area contributed by atoms with Crippen molar-refractivity contribution in [2.75, 3.05) is 19.8 Å². The van der Waals surface area contributed by atoms with Gasteiger partial charge in [0.15, 0.2) is 0 Å². The molecule has 88 valence electrons. The molecule has 0 aromatic heterocycles. The van der Waals surface area contributed by atoms with Crippen LogP contribution in [0.5, 0.6) is 0 Å². The van der Waals surface area contributed by atoms with Gasteiger partial charge in [0.2, 0.25) is 0 Å². The van der Waals surface area contributed by atoms with Gasteiger partial charge in [-0.3, -0.25) is 0 Å². The van der Waals surface area contributed by atoms with Crippen molar-refractivity contribution >= 4 is 0 Å². The summed E-state index contributed by atoms with van der Waals surface area (Å²) in [5, 5.41) is 10.8. The standard InChI is InChI=1S/C12H23NO2/c13-8-5-12(14)4-2-1-3-11(12)6-9-15-10-7-11/h14H,1-10,13H2. The minimum atomic E-state index is -0.510. The summed E-state index contributed by atoms with van der Waals surface area (Å²) >= 11 is 0. The number of hydrogen-bond acceptors (Lipinski definition) is 3. The van der Waals surface area contributed by atoms with E-state index < -0.39 is 5.60 Å². The smallest absolute Gasteiger partial charge is 0.0717 e. The molecule has 1 saturated carbocycles. The number of hydrogen-bond donors (Lipinski definition) is 2. The average molecular weight is 213 g/mol. The zero-order valence-corrected chi connectivity index (χ0v) is 9.50. The van der Waals surface area contributed by atoms with Crippen molar-refractivity contribution < 1.29 is 9.84 Å². The summed E-state index contributed by atoms with van der Waals surface area (Å²) in [6.45, 7) is 2.22. The Labute approximate surface area is 92.0 Å². The largest absolute Gasteiger partial charge is 0.389 e. The van der Waals surface area contributed by atoms with E-state index in [1.807, 2.05) is 0 Å². The third-order valence-electron chi connectivity index (χ3n) is 4.49. The summed E-state index contributed by atoms with van der Waals surface area (Å²) in [6.07, 6.45) is 7.29. The van der Waals surface area contributed by atoms with Crippen LogP contribution in [0.3, 0.4) is 0 Å². The van der Waals surface area contributed by atoms with Crippen LogP contribution in [0.15, 0.2) is 0 Å². The molecule has 15 heavy (non-hydrogen) atoms. The molecule has 0 aromatic rings. The molecule has 1 aliphatic carbocycles. The van der Waals surface area contributed by atoms with E-state index in [-0.39, 0.29) is 5.41 Å². The number of ether oxygens (including phenoxy) is 1. The van der Waals surface area contributed by atoms with Crippen LogP contribution >= 0.6 is 0 Å². The minimum Gasteiger partial charge on any atom is -0.389 e. The summed E-state index contributed by atoms with van der Waals surface area (Å²) in [4.78, 5) is 0. The second-order valence-electron chi connectivity index (χ2n) is 5.17. The van der Waals surface area contributed by atoms with Crippen molar-refractivity contribution in [3.8, 4) is 0 Å². The van der Waals surface area contributed by atoms with Crippen LogP contribution < -0.4 is 5.73 Å². The zero-order valence-electron chi connectivity index (χ0n) is 9.50. The van der Waals surface area contributed by atoms with E-state index in [1.165, 1.54) is 6.42 Å². The average Bonchev–Trinajstić information content (AvgIpc) is 2.25. The van der Waals surface area contributed by atoms with Crippen molar-refractivity contribution in [1.82, 2.24) is 0 Å². The predicted molar refractivity (Wildman–Crippen MR) is 59.6 cm³/mol. The summed E-state index contributed by atoms with van der Waals surface area (Å²) in [7, 11) is 0. The van der Waals surface area contributed by atoms with Gasteiger partial charge < -0.3 is 15.6 Å². The number of rotatable bonds is 2. The third kappa shape index (κ3) is 1.93. The molecule has 0 aromatic carbocycles. The van der Waals surface area contributed by atoms with Crippen LogP contribution in [0.2, 0.25) is 0 Å².